The fraction of sp³-hybridized carbons (Fsp3) is 0.882. The monoisotopic (exact) mass is 307 g/mol. The van der Waals surface area contributed by atoms with E-state index in [0.29, 0.717) is 25.0 Å². The second-order valence-corrected chi connectivity index (χ2v) is 7.14. The molecule has 5 nitrogen and oxygen atoms in total. The molecule has 0 aliphatic carbocycles. The molecule has 3 heterocycles. The van der Waals surface area contributed by atoms with Crippen molar-refractivity contribution in [2.45, 2.75) is 64.0 Å². The Morgan fingerprint density at radius 2 is 1.82 bits per heavy atom. The predicted molar refractivity (Wildman–Crippen MR) is 85.4 cm³/mol. The number of nitrogens with one attached hydrogen (secondary N) is 1. The summed E-state index contributed by atoms with van der Waals surface area (Å²) >= 11 is 0. The lowest BCUT2D eigenvalue weighted by Gasteiger charge is -2.35. The first-order valence-electron chi connectivity index (χ1n) is 9.00. The van der Waals surface area contributed by atoms with E-state index in [1.54, 1.807) is 0 Å². The summed E-state index contributed by atoms with van der Waals surface area (Å²) in [5.41, 5.74) is 0. The number of amides is 2. The van der Waals surface area contributed by atoms with E-state index in [9.17, 15) is 9.59 Å². The first-order valence-corrected chi connectivity index (χ1v) is 9.00. The topological polar surface area (TPSA) is 52.7 Å². The third-order valence-corrected chi connectivity index (χ3v) is 5.42. The van der Waals surface area contributed by atoms with Gasteiger partial charge in [-0.1, -0.05) is 6.92 Å². The van der Waals surface area contributed by atoms with Crippen LogP contribution < -0.4 is 5.32 Å². The van der Waals surface area contributed by atoms with Crippen molar-refractivity contribution < 1.29 is 9.59 Å². The molecule has 3 aliphatic heterocycles. The van der Waals surface area contributed by atoms with Crippen molar-refractivity contribution >= 4 is 11.8 Å². The van der Waals surface area contributed by atoms with Gasteiger partial charge in [0.25, 0.3) is 0 Å². The Morgan fingerprint density at radius 1 is 1.00 bits per heavy atom. The van der Waals surface area contributed by atoms with E-state index in [-0.39, 0.29) is 17.7 Å². The van der Waals surface area contributed by atoms with Gasteiger partial charge in [0.05, 0.1) is 5.92 Å². The fourth-order valence-corrected chi connectivity index (χ4v) is 4.18. The van der Waals surface area contributed by atoms with Gasteiger partial charge in [-0.3, -0.25) is 9.59 Å². The normalized spacial score (nSPS) is 32.0. The Balaban J connectivity index is 1.58. The standard InChI is InChI=1S/C17H29N3O2/c1-2-4-16(21)19-9-3-5-13(11-19)17(22)20-10-8-14-6-7-15(12-20)18-14/h13-15,18H,2-12H2,1H3. The summed E-state index contributed by atoms with van der Waals surface area (Å²) in [5.74, 6) is 0.520. The zero-order valence-electron chi connectivity index (χ0n) is 13.7. The highest BCUT2D eigenvalue weighted by atomic mass is 16.2. The summed E-state index contributed by atoms with van der Waals surface area (Å²) in [4.78, 5) is 28.9. The van der Waals surface area contributed by atoms with Crippen LogP contribution in [0.25, 0.3) is 0 Å². The molecule has 2 amide bonds. The molecule has 2 bridgehead atoms. The number of carbonyl (C=O) groups excluding carboxylic acids is 2. The largest absolute Gasteiger partial charge is 0.342 e. The van der Waals surface area contributed by atoms with Crippen LogP contribution in [0.2, 0.25) is 0 Å². The molecular formula is C17H29N3O2. The first kappa shape index (κ1) is 15.8. The van der Waals surface area contributed by atoms with Crippen molar-refractivity contribution in [1.82, 2.24) is 15.1 Å². The predicted octanol–water partition coefficient (Wildman–Crippen LogP) is 1.38. The zero-order valence-corrected chi connectivity index (χ0v) is 13.7. The van der Waals surface area contributed by atoms with Crippen LogP contribution in [-0.2, 0) is 9.59 Å². The summed E-state index contributed by atoms with van der Waals surface area (Å²) in [7, 11) is 0. The number of hydrogen-bond donors (Lipinski definition) is 1. The van der Waals surface area contributed by atoms with Crippen LogP contribution in [0, 0.1) is 5.92 Å². The number of rotatable bonds is 3. The minimum atomic E-state index is 0.0196. The second-order valence-electron chi connectivity index (χ2n) is 7.14. The first-order chi connectivity index (χ1) is 10.7. The summed E-state index contributed by atoms with van der Waals surface area (Å²) in [5, 5.41) is 3.63. The van der Waals surface area contributed by atoms with E-state index in [4.69, 9.17) is 0 Å². The molecule has 0 radical (unpaired) electrons. The van der Waals surface area contributed by atoms with Crippen molar-refractivity contribution in [3.63, 3.8) is 0 Å². The van der Waals surface area contributed by atoms with Gasteiger partial charge in [0.2, 0.25) is 11.8 Å². The summed E-state index contributed by atoms with van der Waals surface area (Å²) in [6.07, 6.45) is 6.92. The maximum absolute atomic E-state index is 12.9. The Labute approximate surface area is 133 Å². The van der Waals surface area contributed by atoms with Crippen LogP contribution in [0.4, 0.5) is 0 Å². The lowest BCUT2D eigenvalue weighted by Crippen LogP contribution is -2.48. The van der Waals surface area contributed by atoms with E-state index in [2.05, 4.69) is 10.2 Å². The lowest BCUT2D eigenvalue weighted by atomic mass is 9.95. The molecule has 3 unspecified atom stereocenters. The van der Waals surface area contributed by atoms with Gasteiger partial charge < -0.3 is 15.1 Å². The van der Waals surface area contributed by atoms with Crippen molar-refractivity contribution in [3.05, 3.63) is 0 Å². The van der Waals surface area contributed by atoms with Crippen LogP contribution in [0.3, 0.4) is 0 Å². The number of piperidine rings is 1. The highest BCUT2D eigenvalue weighted by Gasteiger charge is 2.35. The minimum absolute atomic E-state index is 0.0196. The number of nitrogens with zero attached hydrogens (tertiary/aromatic N) is 2. The summed E-state index contributed by atoms with van der Waals surface area (Å²) in [6, 6.07) is 1.09. The highest BCUT2D eigenvalue weighted by molar-refractivity contribution is 5.81. The van der Waals surface area contributed by atoms with Gasteiger partial charge >= 0.3 is 0 Å². The Kier molecular flexibility index (Phi) is 5.01. The van der Waals surface area contributed by atoms with Gasteiger partial charge in [-0.25, -0.2) is 0 Å². The number of likely N-dealkylation sites (tertiary alicyclic amines) is 2. The zero-order chi connectivity index (χ0) is 15.5. The van der Waals surface area contributed by atoms with Crippen molar-refractivity contribution in [2.75, 3.05) is 26.2 Å². The Morgan fingerprint density at radius 3 is 2.64 bits per heavy atom. The van der Waals surface area contributed by atoms with Crippen LogP contribution in [0.1, 0.15) is 51.9 Å². The van der Waals surface area contributed by atoms with E-state index in [0.717, 1.165) is 45.3 Å². The molecule has 3 rings (SSSR count). The molecular weight excluding hydrogens is 278 g/mol. The van der Waals surface area contributed by atoms with Crippen molar-refractivity contribution in [1.29, 1.82) is 0 Å². The van der Waals surface area contributed by atoms with Gasteiger partial charge in [-0.05, 0) is 38.5 Å². The molecule has 22 heavy (non-hydrogen) atoms. The second kappa shape index (κ2) is 6.99. The molecule has 1 N–H and O–H groups in total. The van der Waals surface area contributed by atoms with Crippen molar-refractivity contribution in [3.8, 4) is 0 Å². The summed E-state index contributed by atoms with van der Waals surface area (Å²) < 4.78 is 0. The van der Waals surface area contributed by atoms with Crippen molar-refractivity contribution in [2.24, 2.45) is 5.92 Å². The van der Waals surface area contributed by atoms with Gasteiger partial charge in [0.1, 0.15) is 0 Å². The molecule has 0 aromatic rings. The number of hydrogen-bond acceptors (Lipinski definition) is 3. The van der Waals surface area contributed by atoms with Crippen LogP contribution in [0.5, 0.6) is 0 Å². The van der Waals surface area contributed by atoms with E-state index in [1.807, 2.05) is 11.8 Å². The smallest absolute Gasteiger partial charge is 0.227 e. The van der Waals surface area contributed by atoms with E-state index >= 15 is 0 Å². The van der Waals surface area contributed by atoms with Gasteiger partial charge in [0, 0.05) is 44.7 Å². The molecule has 0 aromatic carbocycles. The minimum Gasteiger partial charge on any atom is -0.342 e. The molecule has 3 fully saturated rings. The van der Waals surface area contributed by atoms with Crippen LogP contribution >= 0.6 is 0 Å². The van der Waals surface area contributed by atoms with Crippen LogP contribution in [-0.4, -0.2) is 59.9 Å². The van der Waals surface area contributed by atoms with Gasteiger partial charge in [0.15, 0.2) is 0 Å². The quantitative estimate of drug-likeness (QED) is 0.857. The molecule has 124 valence electrons. The van der Waals surface area contributed by atoms with Crippen LogP contribution in [0.15, 0.2) is 0 Å². The lowest BCUT2D eigenvalue weighted by molar-refractivity contribution is -0.141. The van der Waals surface area contributed by atoms with E-state index < -0.39 is 0 Å². The summed E-state index contributed by atoms with van der Waals surface area (Å²) in [6.45, 7) is 5.23. The maximum atomic E-state index is 12.9. The Bertz CT molecular complexity index is 426. The molecule has 3 aliphatic rings. The molecule has 0 aromatic heterocycles. The fourth-order valence-electron chi connectivity index (χ4n) is 4.18. The third kappa shape index (κ3) is 3.45. The van der Waals surface area contributed by atoms with Gasteiger partial charge in [-0.2, -0.15) is 0 Å². The molecule has 3 saturated heterocycles. The number of carbonyl (C=O) groups is 2. The molecule has 0 saturated carbocycles. The third-order valence-electron chi connectivity index (χ3n) is 5.42. The highest BCUT2D eigenvalue weighted by Crippen LogP contribution is 2.24. The maximum Gasteiger partial charge on any atom is 0.227 e. The Hall–Kier alpha value is -1.10. The SMILES string of the molecule is CCCC(=O)N1CCCC(C(=O)N2CCC3CCC(C2)N3)C1. The van der Waals surface area contributed by atoms with E-state index in [1.165, 1.54) is 12.8 Å². The number of fused-ring (bicyclic) bond motifs is 2. The molecule has 5 heteroatoms. The average molecular weight is 307 g/mol. The molecule has 0 spiro atoms. The average Bonchev–Trinajstić information content (AvgIpc) is 2.86. The van der Waals surface area contributed by atoms with Gasteiger partial charge in [-0.15, -0.1) is 0 Å². The molecule has 3 atom stereocenters.